The van der Waals surface area contributed by atoms with Gasteiger partial charge in [0.25, 0.3) is 5.91 Å². The van der Waals surface area contributed by atoms with Crippen LogP contribution in [0.5, 0.6) is 0 Å². The summed E-state index contributed by atoms with van der Waals surface area (Å²) in [6.07, 6.45) is 1.15. The summed E-state index contributed by atoms with van der Waals surface area (Å²) in [5, 5.41) is 2.72. The lowest BCUT2D eigenvalue weighted by molar-refractivity contribution is -0.147. The topological polar surface area (TPSA) is 92.8 Å². The molecule has 7 nitrogen and oxygen atoms in total. The molecule has 176 valence electrons. The van der Waals surface area contributed by atoms with Crippen molar-refractivity contribution in [2.24, 2.45) is 0 Å². The number of rotatable bonds is 7. The quantitative estimate of drug-likeness (QED) is 0.253. The first kappa shape index (κ1) is 22.5. The van der Waals surface area contributed by atoms with Crippen molar-refractivity contribution in [2.45, 2.75) is 25.3 Å². The Morgan fingerprint density at radius 3 is 2.43 bits per heavy atom. The van der Waals surface area contributed by atoms with Crippen LogP contribution in [0.2, 0.25) is 0 Å². The number of hydrogen-bond donors (Lipinski definition) is 1. The van der Waals surface area contributed by atoms with Gasteiger partial charge < -0.3 is 10.1 Å². The van der Waals surface area contributed by atoms with Crippen molar-refractivity contribution in [1.29, 1.82) is 0 Å². The summed E-state index contributed by atoms with van der Waals surface area (Å²) < 4.78 is 5.15. The fourth-order valence-corrected chi connectivity index (χ4v) is 4.83. The molecule has 2 aliphatic rings. The van der Waals surface area contributed by atoms with Crippen molar-refractivity contribution < 1.29 is 23.9 Å². The van der Waals surface area contributed by atoms with Crippen LogP contribution in [0.25, 0.3) is 11.1 Å². The number of ketones is 1. The van der Waals surface area contributed by atoms with Gasteiger partial charge in [-0.1, -0.05) is 73.7 Å². The van der Waals surface area contributed by atoms with E-state index in [-0.39, 0.29) is 5.78 Å². The van der Waals surface area contributed by atoms with Gasteiger partial charge in [-0.2, -0.15) is 0 Å². The van der Waals surface area contributed by atoms with Gasteiger partial charge >= 0.3 is 12.0 Å². The van der Waals surface area contributed by atoms with Crippen molar-refractivity contribution in [1.82, 2.24) is 10.2 Å². The number of Topliss-reactive ketones (excluding diaryl/α,β-unsaturated/α-hetero) is 1. The molecule has 0 saturated carbocycles. The summed E-state index contributed by atoms with van der Waals surface area (Å²) in [6, 6.07) is 21.8. The summed E-state index contributed by atoms with van der Waals surface area (Å²) in [7, 11) is 0. The molecule has 1 fully saturated rings. The molecule has 1 heterocycles. The first-order valence-electron chi connectivity index (χ1n) is 11.5. The van der Waals surface area contributed by atoms with Gasteiger partial charge in [-0.3, -0.25) is 19.3 Å². The van der Waals surface area contributed by atoms with E-state index < -0.39 is 36.6 Å². The number of fused-ring (bicyclic) bond motifs is 3. The lowest BCUT2D eigenvalue weighted by Gasteiger charge is -2.25. The van der Waals surface area contributed by atoms with Gasteiger partial charge in [-0.25, -0.2) is 4.79 Å². The maximum Gasteiger partial charge on any atom is 0.326 e. The van der Waals surface area contributed by atoms with E-state index in [1.165, 1.54) is 5.56 Å². The highest BCUT2D eigenvalue weighted by Gasteiger charge is 2.51. The number of hydrogen-bond acceptors (Lipinski definition) is 5. The number of nitrogens with zero attached hydrogens (tertiary/aromatic N) is 1. The van der Waals surface area contributed by atoms with Crippen LogP contribution in [0.15, 0.2) is 72.8 Å². The predicted molar refractivity (Wildman–Crippen MR) is 129 cm³/mol. The summed E-state index contributed by atoms with van der Waals surface area (Å²) in [4.78, 5) is 51.7. The fraction of sp³-hybridized carbons (Fsp3) is 0.214. The zero-order valence-electron chi connectivity index (χ0n) is 19.2. The van der Waals surface area contributed by atoms with E-state index in [4.69, 9.17) is 4.74 Å². The molecule has 1 N–H and O–H groups in total. The summed E-state index contributed by atoms with van der Waals surface area (Å²) >= 11 is 0. The largest absolute Gasteiger partial charge is 0.456 e. The van der Waals surface area contributed by atoms with Crippen molar-refractivity contribution in [3.8, 4) is 11.1 Å². The summed E-state index contributed by atoms with van der Waals surface area (Å²) in [5.74, 6) is -1.69. The average Bonchev–Trinajstić information content (AvgIpc) is 3.38. The number of carbonyl (C=O) groups excluding carboxylic acids is 4. The number of ether oxygens (including phenoxy) is 1. The number of carbonyl (C=O) groups is 4. The fourth-order valence-electron chi connectivity index (χ4n) is 4.83. The second-order valence-corrected chi connectivity index (χ2v) is 8.74. The molecular formula is C28H24N2O5. The van der Waals surface area contributed by atoms with Crippen LogP contribution in [0.1, 0.15) is 40.4 Å². The van der Waals surface area contributed by atoms with E-state index in [1.54, 1.807) is 37.3 Å². The Hall–Kier alpha value is -4.26. The Balaban J connectivity index is 1.24. The molecule has 7 heteroatoms. The summed E-state index contributed by atoms with van der Waals surface area (Å²) in [6.45, 7) is 0.755. The van der Waals surface area contributed by atoms with Crippen LogP contribution in [-0.2, 0) is 26.3 Å². The number of amides is 3. The third-order valence-corrected chi connectivity index (χ3v) is 6.74. The molecule has 3 aromatic carbocycles. The Kier molecular flexibility index (Phi) is 5.68. The third-order valence-electron chi connectivity index (χ3n) is 6.74. The van der Waals surface area contributed by atoms with E-state index in [2.05, 4.69) is 11.4 Å². The molecule has 35 heavy (non-hydrogen) atoms. The lowest BCUT2D eigenvalue weighted by atomic mass is 9.87. The SMILES string of the molecule is CCC1(c2ccccc2)NC(=O)N(CC(=O)OCC(=O)c2ccc3c(c2)-c2ccccc2C3)C1=O. The molecule has 0 aromatic heterocycles. The molecule has 3 amide bonds. The normalized spacial score (nSPS) is 18.1. The maximum absolute atomic E-state index is 13.1. The smallest absolute Gasteiger partial charge is 0.326 e. The third kappa shape index (κ3) is 3.89. The van der Waals surface area contributed by atoms with Crippen molar-refractivity contribution in [2.75, 3.05) is 13.2 Å². The van der Waals surface area contributed by atoms with Crippen LogP contribution in [-0.4, -0.2) is 41.7 Å². The van der Waals surface area contributed by atoms with Crippen LogP contribution in [0.4, 0.5) is 4.79 Å². The Bertz CT molecular complexity index is 1350. The van der Waals surface area contributed by atoms with Gasteiger partial charge in [0.15, 0.2) is 12.4 Å². The average molecular weight is 469 g/mol. The monoisotopic (exact) mass is 468 g/mol. The van der Waals surface area contributed by atoms with Gasteiger partial charge in [-0.05, 0) is 46.7 Å². The highest BCUT2D eigenvalue weighted by atomic mass is 16.5. The van der Waals surface area contributed by atoms with Crippen LogP contribution >= 0.6 is 0 Å². The zero-order chi connectivity index (χ0) is 24.6. The minimum absolute atomic E-state index is 0.326. The highest BCUT2D eigenvalue weighted by Crippen LogP contribution is 2.37. The standard InChI is InChI=1S/C28H24N2O5/c1-2-28(21-9-4-3-5-10-21)26(33)30(27(34)29-28)16-25(32)35-17-24(31)20-13-12-19-14-18-8-6-7-11-22(18)23(19)15-20/h3-13,15H,2,14,16-17H2,1H3,(H,29,34). The molecule has 0 bridgehead atoms. The van der Waals surface area contributed by atoms with Gasteiger partial charge in [0.05, 0.1) is 0 Å². The van der Waals surface area contributed by atoms with Gasteiger partial charge in [-0.15, -0.1) is 0 Å². The number of urea groups is 1. The Morgan fingerprint density at radius 2 is 1.66 bits per heavy atom. The molecule has 1 aliphatic heterocycles. The van der Waals surface area contributed by atoms with Gasteiger partial charge in [0, 0.05) is 5.56 Å². The van der Waals surface area contributed by atoms with E-state index in [1.807, 2.05) is 36.4 Å². The minimum atomic E-state index is -1.23. The molecular weight excluding hydrogens is 444 g/mol. The van der Waals surface area contributed by atoms with Crippen LogP contribution in [0, 0.1) is 0 Å². The first-order valence-corrected chi connectivity index (χ1v) is 11.5. The van der Waals surface area contributed by atoms with Crippen molar-refractivity contribution in [3.63, 3.8) is 0 Å². The van der Waals surface area contributed by atoms with E-state index in [0.717, 1.165) is 28.0 Å². The highest BCUT2D eigenvalue weighted by molar-refractivity contribution is 6.09. The van der Waals surface area contributed by atoms with Gasteiger partial charge in [0.1, 0.15) is 12.1 Å². The number of esters is 1. The Labute approximate surface area is 202 Å². The number of nitrogens with one attached hydrogen (secondary N) is 1. The minimum Gasteiger partial charge on any atom is -0.456 e. The van der Waals surface area contributed by atoms with Crippen LogP contribution < -0.4 is 5.32 Å². The lowest BCUT2D eigenvalue weighted by Crippen LogP contribution is -2.44. The molecule has 1 saturated heterocycles. The van der Waals surface area contributed by atoms with E-state index in [9.17, 15) is 19.2 Å². The second kappa shape index (κ2) is 8.83. The van der Waals surface area contributed by atoms with E-state index in [0.29, 0.717) is 17.5 Å². The molecule has 3 aromatic rings. The molecule has 1 atom stereocenters. The predicted octanol–water partition coefficient (Wildman–Crippen LogP) is 3.84. The molecule has 0 radical (unpaired) electrons. The van der Waals surface area contributed by atoms with Gasteiger partial charge in [0.2, 0.25) is 0 Å². The van der Waals surface area contributed by atoms with Crippen molar-refractivity contribution >= 4 is 23.7 Å². The molecule has 1 aliphatic carbocycles. The zero-order valence-corrected chi connectivity index (χ0v) is 19.2. The Morgan fingerprint density at radius 1 is 0.943 bits per heavy atom. The second-order valence-electron chi connectivity index (χ2n) is 8.74. The van der Waals surface area contributed by atoms with E-state index >= 15 is 0 Å². The maximum atomic E-state index is 13.1. The molecule has 5 rings (SSSR count). The number of imide groups is 1. The first-order chi connectivity index (χ1) is 16.9. The molecule has 1 unspecified atom stereocenters. The molecule has 0 spiro atoms. The van der Waals surface area contributed by atoms with Crippen molar-refractivity contribution in [3.05, 3.63) is 95.1 Å². The van der Waals surface area contributed by atoms with Crippen LogP contribution in [0.3, 0.4) is 0 Å². The summed E-state index contributed by atoms with van der Waals surface area (Å²) in [5.41, 5.74) is 4.33. The number of benzene rings is 3.